The van der Waals surface area contributed by atoms with Gasteiger partial charge in [-0.1, -0.05) is 32.9 Å². The molecule has 0 unspecified atom stereocenters. The highest BCUT2D eigenvalue weighted by atomic mass is 32.2. The van der Waals surface area contributed by atoms with E-state index in [0.29, 0.717) is 24.3 Å². The molecule has 0 aromatic heterocycles. The van der Waals surface area contributed by atoms with Crippen LogP contribution >= 0.6 is 0 Å². The summed E-state index contributed by atoms with van der Waals surface area (Å²) in [6, 6.07) is 13.2. The summed E-state index contributed by atoms with van der Waals surface area (Å²) in [5, 5.41) is 0. The third-order valence-electron chi connectivity index (χ3n) is 4.54. The number of nitrogens with zero attached hydrogens (tertiary/aromatic N) is 1. The van der Waals surface area contributed by atoms with Crippen LogP contribution in [0, 0.1) is 0 Å². The maximum Gasteiger partial charge on any atom is 0.261 e. The largest absolute Gasteiger partial charge is 0.280 e. The zero-order chi connectivity index (χ0) is 19.9. The molecule has 6 nitrogen and oxygen atoms in total. The van der Waals surface area contributed by atoms with E-state index >= 15 is 0 Å². The van der Waals surface area contributed by atoms with Crippen LogP contribution in [0.3, 0.4) is 0 Å². The van der Waals surface area contributed by atoms with Gasteiger partial charge in [0.2, 0.25) is 10.0 Å². The lowest BCUT2D eigenvalue weighted by molar-refractivity contribution is 0.587. The van der Waals surface area contributed by atoms with Crippen molar-refractivity contribution in [3.63, 3.8) is 0 Å². The van der Waals surface area contributed by atoms with Crippen LogP contribution in [0.2, 0.25) is 0 Å². The highest BCUT2D eigenvalue weighted by molar-refractivity contribution is 7.93. The monoisotopic (exact) mass is 408 g/mol. The molecule has 27 heavy (non-hydrogen) atoms. The lowest BCUT2D eigenvalue weighted by Crippen LogP contribution is -2.25. The van der Waals surface area contributed by atoms with Crippen LogP contribution in [-0.4, -0.2) is 29.1 Å². The first-order chi connectivity index (χ1) is 12.5. The lowest BCUT2D eigenvalue weighted by atomic mass is 9.87. The molecule has 1 N–H and O–H groups in total. The number of hydrogen-bond donors (Lipinski definition) is 1. The van der Waals surface area contributed by atoms with Crippen LogP contribution in [0.4, 0.5) is 11.4 Å². The first kappa shape index (κ1) is 19.7. The molecular weight excluding hydrogens is 384 g/mol. The molecule has 0 amide bonds. The van der Waals surface area contributed by atoms with Gasteiger partial charge in [0.1, 0.15) is 0 Å². The third-order valence-corrected chi connectivity index (χ3v) is 7.80. The Morgan fingerprint density at radius 1 is 0.963 bits per heavy atom. The van der Waals surface area contributed by atoms with Gasteiger partial charge >= 0.3 is 0 Å². The minimum atomic E-state index is -3.71. The van der Waals surface area contributed by atoms with Crippen molar-refractivity contribution in [2.24, 2.45) is 0 Å². The Kier molecular flexibility index (Phi) is 4.98. The van der Waals surface area contributed by atoms with E-state index in [-0.39, 0.29) is 16.1 Å². The lowest BCUT2D eigenvalue weighted by Gasteiger charge is -2.19. The molecule has 0 spiro atoms. The zero-order valence-corrected chi connectivity index (χ0v) is 17.3. The summed E-state index contributed by atoms with van der Waals surface area (Å²) in [6.07, 6.45) is 0.598. The Balaban J connectivity index is 1.78. The van der Waals surface area contributed by atoms with Gasteiger partial charge in [0, 0.05) is 12.2 Å². The molecule has 1 fully saturated rings. The highest BCUT2D eigenvalue weighted by Gasteiger charge is 2.28. The van der Waals surface area contributed by atoms with E-state index in [4.69, 9.17) is 0 Å². The fraction of sp³-hybridized carbons (Fsp3) is 0.368. The van der Waals surface area contributed by atoms with E-state index in [0.717, 1.165) is 5.56 Å². The van der Waals surface area contributed by atoms with Crippen molar-refractivity contribution >= 4 is 31.4 Å². The van der Waals surface area contributed by atoms with E-state index in [1.807, 2.05) is 12.1 Å². The SMILES string of the molecule is CC(C)(C)c1ccc(S(=O)(=O)Nc2ccc(N3CCCS3(=O)=O)cc2)cc1. The Bertz CT molecular complexity index is 1020. The summed E-state index contributed by atoms with van der Waals surface area (Å²) in [5.41, 5.74) is 1.93. The number of sulfonamides is 2. The van der Waals surface area contributed by atoms with Crippen molar-refractivity contribution in [3.8, 4) is 0 Å². The summed E-state index contributed by atoms with van der Waals surface area (Å²) in [6.45, 7) is 6.65. The van der Waals surface area contributed by atoms with Gasteiger partial charge in [0.05, 0.1) is 16.3 Å². The van der Waals surface area contributed by atoms with Crippen molar-refractivity contribution in [2.75, 3.05) is 21.3 Å². The Labute approximate surface area is 161 Å². The van der Waals surface area contributed by atoms with Crippen molar-refractivity contribution in [1.82, 2.24) is 0 Å². The van der Waals surface area contributed by atoms with Crippen molar-refractivity contribution in [2.45, 2.75) is 37.5 Å². The predicted molar refractivity (Wildman–Crippen MR) is 108 cm³/mol. The van der Waals surface area contributed by atoms with E-state index < -0.39 is 20.0 Å². The number of rotatable bonds is 4. The second kappa shape index (κ2) is 6.83. The van der Waals surface area contributed by atoms with E-state index in [9.17, 15) is 16.8 Å². The van der Waals surface area contributed by atoms with E-state index in [1.54, 1.807) is 36.4 Å². The molecule has 8 heteroatoms. The number of nitrogens with one attached hydrogen (secondary N) is 1. The molecule has 3 rings (SSSR count). The molecule has 0 atom stereocenters. The zero-order valence-electron chi connectivity index (χ0n) is 15.6. The number of anilines is 2. The quantitative estimate of drug-likeness (QED) is 0.841. The maximum atomic E-state index is 12.6. The summed E-state index contributed by atoms with van der Waals surface area (Å²) < 4.78 is 53.0. The molecule has 0 bridgehead atoms. The van der Waals surface area contributed by atoms with Gasteiger partial charge in [-0.2, -0.15) is 0 Å². The second-order valence-electron chi connectivity index (χ2n) is 7.67. The van der Waals surface area contributed by atoms with E-state index in [2.05, 4.69) is 25.5 Å². The first-order valence-corrected chi connectivity index (χ1v) is 11.8. The van der Waals surface area contributed by atoms with Gasteiger partial charge in [-0.3, -0.25) is 9.03 Å². The number of hydrogen-bond acceptors (Lipinski definition) is 4. The normalized spacial score (nSPS) is 17.1. The molecule has 0 radical (unpaired) electrons. The van der Waals surface area contributed by atoms with Crippen LogP contribution in [-0.2, 0) is 25.5 Å². The minimum Gasteiger partial charge on any atom is -0.280 e. The van der Waals surface area contributed by atoms with Gasteiger partial charge in [-0.25, -0.2) is 16.8 Å². The van der Waals surface area contributed by atoms with Gasteiger partial charge in [0.25, 0.3) is 10.0 Å². The van der Waals surface area contributed by atoms with Gasteiger partial charge in [-0.15, -0.1) is 0 Å². The fourth-order valence-corrected chi connectivity index (χ4v) is 5.60. The smallest absolute Gasteiger partial charge is 0.261 e. The minimum absolute atomic E-state index is 0.0541. The average molecular weight is 409 g/mol. The molecule has 1 aliphatic rings. The van der Waals surface area contributed by atoms with Crippen molar-refractivity contribution in [1.29, 1.82) is 0 Å². The molecule has 1 aliphatic heterocycles. The Morgan fingerprint density at radius 3 is 2.04 bits per heavy atom. The highest BCUT2D eigenvalue weighted by Crippen LogP contribution is 2.27. The molecule has 146 valence electrons. The average Bonchev–Trinajstić information content (AvgIpc) is 2.94. The van der Waals surface area contributed by atoms with Gasteiger partial charge in [-0.05, 0) is 53.8 Å². The van der Waals surface area contributed by atoms with Crippen LogP contribution in [0.5, 0.6) is 0 Å². The Hall–Kier alpha value is -2.06. The van der Waals surface area contributed by atoms with Crippen LogP contribution in [0.1, 0.15) is 32.8 Å². The topological polar surface area (TPSA) is 83.6 Å². The van der Waals surface area contributed by atoms with Crippen LogP contribution < -0.4 is 9.03 Å². The first-order valence-electron chi connectivity index (χ1n) is 8.73. The summed E-state index contributed by atoms with van der Waals surface area (Å²) >= 11 is 0. The molecular formula is C19H24N2O4S2. The fourth-order valence-electron chi connectivity index (χ4n) is 2.97. The summed E-state index contributed by atoms with van der Waals surface area (Å²) in [5.74, 6) is 0.145. The predicted octanol–water partition coefficient (Wildman–Crippen LogP) is 3.32. The standard InChI is InChI=1S/C19H24N2O4S2/c1-19(2,3)15-5-11-18(12-6-15)27(24,25)20-16-7-9-17(10-8-16)21-13-4-14-26(21,22)23/h5-12,20H,4,13-14H2,1-3H3. The van der Waals surface area contributed by atoms with Gasteiger partial charge in [0.15, 0.2) is 0 Å². The second-order valence-corrected chi connectivity index (χ2v) is 11.4. The van der Waals surface area contributed by atoms with E-state index in [1.165, 1.54) is 4.31 Å². The van der Waals surface area contributed by atoms with Crippen molar-refractivity contribution < 1.29 is 16.8 Å². The van der Waals surface area contributed by atoms with Crippen LogP contribution in [0.15, 0.2) is 53.4 Å². The summed E-state index contributed by atoms with van der Waals surface area (Å²) in [4.78, 5) is 0.182. The molecule has 2 aromatic carbocycles. The third kappa shape index (κ3) is 4.27. The molecule has 1 heterocycles. The molecule has 2 aromatic rings. The summed E-state index contributed by atoms with van der Waals surface area (Å²) in [7, 11) is -6.96. The van der Waals surface area contributed by atoms with Crippen molar-refractivity contribution in [3.05, 3.63) is 54.1 Å². The Morgan fingerprint density at radius 2 is 1.56 bits per heavy atom. The van der Waals surface area contributed by atoms with Crippen LogP contribution in [0.25, 0.3) is 0 Å². The molecule has 1 saturated heterocycles. The molecule has 0 aliphatic carbocycles. The maximum absolute atomic E-state index is 12.6. The molecule has 0 saturated carbocycles. The number of benzene rings is 2. The van der Waals surface area contributed by atoms with Gasteiger partial charge < -0.3 is 0 Å².